The summed E-state index contributed by atoms with van der Waals surface area (Å²) >= 11 is 0. The largest absolute Gasteiger partial charge is 0.422 e. The fourth-order valence-electron chi connectivity index (χ4n) is 2.49. The molecule has 3 aromatic rings. The number of nitrogens with two attached hydrogens (primary N) is 1. The lowest BCUT2D eigenvalue weighted by molar-refractivity contribution is -0.886. The van der Waals surface area contributed by atoms with Gasteiger partial charge >= 0.3 is 6.18 Å². The van der Waals surface area contributed by atoms with Crippen LogP contribution in [-0.2, 0) is 6.18 Å². The highest BCUT2D eigenvalue weighted by molar-refractivity contribution is 6.12. The Morgan fingerprint density at radius 2 is 2.00 bits per heavy atom. The van der Waals surface area contributed by atoms with Crippen LogP contribution in [0, 0.1) is 5.41 Å². The van der Waals surface area contributed by atoms with Gasteiger partial charge in [-0.15, -0.1) is 0 Å². The van der Waals surface area contributed by atoms with Crippen LogP contribution in [0.4, 0.5) is 18.9 Å². The Morgan fingerprint density at radius 3 is 2.63 bits per heavy atom. The summed E-state index contributed by atoms with van der Waals surface area (Å²) in [5, 5.41) is 8.44. The van der Waals surface area contributed by atoms with Crippen molar-refractivity contribution in [3.05, 3.63) is 71.9 Å². The molecule has 138 valence electrons. The molecule has 3 N–H and O–H groups in total. The van der Waals surface area contributed by atoms with Gasteiger partial charge in [-0.1, -0.05) is 0 Å². The molecular formula is C18H15F3N5O+. The van der Waals surface area contributed by atoms with E-state index < -0.39 is 11.7 Å². The van der Waals surface area contributed by atoms with Crippen LogP contribution in [0.25, 0.3) is 11.3 Å². The molecule has 0 spiro atoms. The van der Waals surface area contributed by atoms with Crippen molar-refractivity contribution in [3.63, 3.8) is 0 Å². The quantitative estimate of drug-likeness (QED) is 0.543. The van der Waals surface area contributed by atoms with Crippen LogP contribution in [0.1, 0.15) is 16.8 Å². The molecule has 27 heavy (non-hydrogen) atoms. The van der Waals surface area contributed by atoms with Crippen molar-refractivity contribution in [2.45, 2.75) is 6.18 Å². The zero-order valence-corrected chi connectivity index (χ0v) is 14.2. The minimum atomic E-state index is -4.52. The number of nitrogen functional groups attached to an aromatic ring is 1. The Bertz CT molecular complexity index is 990. The SMILES string of the molecule is CO[n+]1cc(C(F)(F)F)ccc1C(=N)c1cc(-c2cccnc2)ncc1N. The number of hydrogen-bond donors (Lipinski definition) is 2. The second-order valence-corrected chi connectivity index (χ2v) is 5.58. The molecule has 3 rings (SSSR count). The summed E-state index contributed by atoms with van der Waals surface area (Å²) < 4.78 is 39.6. The van der Waals surface area contributed by atoms with E-state index in [0.717, 1.165) is 28.6 Å². The van der Waals surface area contributed by atoms with E-state index >= 15 is 0 Å². The van der Waals surface area contributed by atoms with Crippen LogP contribution in [-0.4, -0.2) is 22.8 Å². The predicted molar refractivity (Wildman–Crippen MR) is 92.0 cm³/mol. The van der Waals surface area contributed by atoms with Crippen LogP contribution in [0.3, 0.4) is 0 Å². The van der Waals surface area contributed by atoms with Crippen molar-refractivity contribution in [3.8, 4) is 11.3 Å². The van der Waals surface area contributed by atoms with Gasteiger partial charge in [0.25, 0.3) is 5.69 Å². The summed E-state index contributed by atoms with van der Waals surface area (Å²) in [5.41, 5.74) is 6.86. The Kier molecular flexibility index (Phi) is 4.76. The standard InChI is InChI=1S/C18H15F3N5O/c1-27-26-10-12(18(19,20)21)4-5-16(26)17(23)13-7-15(25-9-14(13)22)11-3-2-6-24-8-11/h2-10,23H,22H2,1H3/q+1. The van der Waals surface area contributed by atoms with E-state index in [2.05, 4.69) is 9.97 Å². The third-order valence-corrected chi connectivity index (χ3v) is 3.86. The molecule has 0 aromatic carbocycles. The lowest BCUT2D eigenvalue weighted by Crippen LogP contribution is -2.47. The number of halogens is 3. The van der Waals surface area contributed by atoms with E-state index in [1.54, 1.807) is 30.6 Å². The summed E-state index contributed by atoms with van der Waals surface area (Å²) in [7, 11) is 1.22. The van der Waals surface area contributed by atoms with E-state index in [0.29, 0.717) is 11.3 Å². The molecule has 9 heteroatoms. The number of hydrogen-bond acceptors (Lipinski definition) is 5. The molecule has 0 saturated carbocycles. The second-order valence-electron chi connectivity index (χ2n) is 5.58. The van der Waals surface area contributed by atoms with Crippen LogP contribution >= 0.6 is 0 Å². The molecule has 0 bridgehead atoms. The molecule has 0 unspecified atom stereocenters. The number of nitrogens with one attached hydrogen (secondary N) is 1. The molecule has 3 heterocycles. The third kappa shape index (κ3) is 3.71. The maximum Gasteiger partial charge on any atom is 0.422 e. The average molecular weight is 374 g/mol. The van der Waals surface area contributed by atoms with Crippen LogP contribution in [0.15, 0.2) is 55.1 Å². The zero-order chi connectivity index (χ0) is 19.6. The van der Waals surface area contributed by atoms with E-state index in [-0.39, 0.29) is 17.1 Å². The van der Waals surface area contributed by atoms with Gasteiger partial charge in [-0.25, -0.2) is 0 Å². The van der Waals surface area contributed by atoms with Crippen molar-refractivity contribution in [2.24, 2.45) is 0 Å². The van der Waals surface area contributed by atoms with Crippen molar-refractivity contribution in [2.75, 3.05) is 12.8 Å². The number of aromatic nitrogens is 3. The van der Waals surface area contributed by atoms with Gasteiger partial charge in [0.05, 0.1) is 17.6 Å². The summed E-state index contributed by atoms with van der Waals surface area (Å²) in [5.74, 6) is 0. The van der Waals surface area contributed by atoms with E-state index in [1.807, 2.05) is 0 Å². The summed E-state index contributed by atoms with van der Waals surface area (Å²) in [6.45, 7) is 0. The first-order valence-corrected chi connectivity index (χ1v) is 7.74. The molecule has 0 amide bonds. The van der Waals surface area contributed by atoms with Crippen LogP contribution in [0.2, 0.25) is 0 Å². The highest BCUT2D eigenvalue weighted by Crippen LogP contribution is 2.28. The Hall–Kier alpha value is -3.49. The first-order chi connectivity index (χ1) is 12.8. The summed E-state index contributed by atoms with van der Waals surface area (Å²) in [6.07, 6.45) is 0.883. The fourth-order valence-corrected chi connectivity index (χ4v) is 2.49. The molecule has 6 nitrogen and oxygen atoms in total. The number of anilines is 1. The molecular weight excluding hydrogens is 359 g/mol. The third-order valence-electron chi connectivity index (χ3n) is 3.86. The first-order valence-electron chi connectivity index (χ1n) is 7.74. The highest BCUT2D eigenvalue weighted by Gasteiger charge is 2.35. The Balaban J connectivity index is 2.06. The topological polar surface area (TPSA) is 88.8 Å². The van der Waals surface area contributed by atoms with Crippen molar-refractivity contribution in [1.82, 2.24) is 9.97 Å². The van der Waals surface area contributed by atoms with Crippen LogP contribution in [0.5, 0.6) is 0 Å². The second kappa shape index (κ2) is 7.02. The molecule has 0 aliphatic carbocycles. The molecule has 0 saturated heterocycles. The Morgan fingerprint density at radius 1 is 1.22 bits per heavy atom. The Labute approximate surface area is 152 Å². The van der Waals surface area contributed by atoms with Gasteiger partial charge in [-0.05, 0) is 24.3 Å². The molecule has 0 aliphatic rings. The van der Waals surface area contributed by atoms with Crippen LogP contribution < -0.4 is 15.3 Å². The van der Waals surface area contributed by atoms with Gasteiger partial charge in [0.1, 0.15) is 18.4 Å². The smallest absolute Gasteiger partial charge is 0.397 e. The molecule has 0 aliphatic heterocycles. The number of alkyl halides is 3. The lowest BCUT2D eigenvalue weighted by atomic mass is 10.0. The summed E-state index contributed by atoms with van der Waals surface area (Å²) in [4.78, 5) is 13.2. The normalized spacial score (nSPS) is 11.3. The lowest BCUT2D eigenvalue weighted by Gasteiger charge is -2.10. The average Bonchev–Trinajstić information content (AvgIpc) is 2.67. The van der Waals surface area contributed by atoms with E-state index in [1.165, 1.54) is 13.3 Å². The monoisotopic (exact) mass is 374 g/mol. The van der Waals surface area contributed by atoms with Gasteiger partial charge in [0, 0.05) is 34.3 Å². The molecule has 0 atom stereocenters. The van der Waals surface area contributed by atoms with E-state index in [9.17, 15) is 13.2 Å². The van der Waals surface area contributed by atoms with Crippen molar-refractivity contribution < 1.29 is 22.7 Å². The van der Waals surface area contributed by atoms with Gasteiger partial charge in [0.15, 0.2) is 0 Å². The molecule has 0 fully saturated rings. The molecule has 0 radical (unpaired) electrons. The van der Waals surface area contributed by atoms with Gasteiger partial charge in [-0.3, -0.25) is 20.2 Å². The number of pyridine rings is 3. The van der Waals surface area contributed by atoms with Gasteiger partial charge < -0.3 is 5.73 Å². The number of nitrogens with zero attached hydrogens (tertiary/aromatic N) is 3. The van der Waals surface area contributed by atoms with Crippen molar-refractivity contribution in [1.29, 1.82) is 5.41 Å². The minimum absolute atomic E-state index is 0.101. The summed E-state index contributed by atoms with van der Waals surface area (Å²) in [6, 6.07) is 7.18. The van der Waals surface area contributed by atoms with E-state index in [4.69, 9.17) is 16.0 Å². The zero-order valence-electron chi connectivity index (χ0n) is 14.2. The predicted octanol–water partition coefficient (Wildman–Crippen LogP) is 2.51. The van der Waals surface area contributed by atoms with Gasteiger partial charge in [0.2, 0.25) is 6.20 Å². The molecule has 3 aromatic heterocycles. The van der Waals surface area contributed by atoms with Crippen molar-refractivity contribution >= 4 is 11.4 Å². The highest BCUT2D eigenvalue weighted by atomic mass is 19.4. The minimum Gasteiger partial charge on any atom is -0.397 e. The number of rotatable bonds is 4. The maximum absolute atomic E-state index is 12.9. The first kappa shape index (κ1) is 18.3. The van der Waals surface area contributed by atoms with Gasteiger partial charge in [-0.2, -0.15) is 13.2 Å². The fraction of sp³-hybridized carbons (Fsp3) is 0.111. The maximum atomic E-state index is 12.9.